The Labute approximate surface area is 181 Å². The minimum atomic E-state index is -0.456. The zero-order valence-corrected chi connectivity index (χ0v) is 19.6. The number of nitrogens with zero attached hydrogens (tertiary/aromatic N) is 5. The largest absolute Gasteiger partial charge is 0.444 e. The first kappa shape index (κ1) is 24.0. The van der Waals surface area contributed by atoms with E-state index in [4.69, 9.17) is 4.74 Å². The first-order chi connectivity index (χ1) is 14.2. The van der Waals surface area contributed by atoms with Gasteiger partial charge in [0.25, 0.3) is 0 Å². The molecular weight excluding hydrogens is 380 g/mol. The number of aliphatic imine (C=N–C) groups is 1. The predicted octanol–water partition coefficient (Wildman–Crippen LogP) is 3.13. The van der Waals surface area contributed by atoms with Gasteiger partial charge in [0.1, 0.15) is 5.60 Å². The van der Waals surface area contributed by atoms with Gasteiger partial charge in [-0.2, -0.15) is 5.10 Å². The van der Waals surface area contributed by atoms with Crippen LogP contribution in [0, 0.1) is 12.8 Å². The van der Waals surface area contributed by atoms with Crippen LogP contribution in [0.3, 0.4) is 0 Å². The van der Waals surface area contributed by atoms with Crippen molar-refractivity contribution in [2.75, 3.05) is 39.8 Å². The number of hydrogen-bond donors (Lipinski definition) is 1. The van der Waals surface area contributed by atoms with E-state index >= 15 is 0 Å². The normalized spacial score (nSPS) is 15.9. The molecule has 0 aromatic carbocycles. The molecule has 0 saturated carbocycles. The van der Waals surface area contributed by atoms with Crippen LogP contribution in [0.2, 0.25) is 0 Å². The second kappa shape index (κ2) is 11.2. The topological polar surface area (TPSA) is 75.0 Å². The first-order valence-electron chi connectivity index (χ1n) is 11.1. The third-order valence-electron chi connectivity index (χ3n) is 5.25. The second-order valence-corrected chi connectivity index (χ2v) is 9.06. The van der Waals surface area contributed by atoms with Crippen molar-refractivity contribution in [2.45, 2.75) is 66.0 Å². The summed E-state index contributed by atoms with van der Waals surface area (Å²) in [5.41, 5.74) is 0.734. The molecule has 1 aromatic rings. The van der Waals surface area contributed by atoms with Gasteiger partial charge in [-0.25, -0.2) is 4.79 Å². The Morgan fingerprint density at radius 1 is 1.37 bits per heavy atom. The fourth-order valence-electron chi connectivity index (χ4n) is 3.66. The number of carbonyl (C=O) groups excluding carboxylic acids is 1. The number of hydrogen-bond acceptors (Lipinski definition) is 4. The molecule has 1 N–H and O–H groups in total. The summed E-state index contributed by atoms with van der Waals surface area (Å²) >= 11 is 0. The van der Waals surface area contributed by atoms with Crippen molar-refractivity contribution < 1.29 is 9.53 Å². The van der Waals surface area contributed by atoms with E-state index < -0.39 is 5.60 Å². The minimum absolute atomic E-state index is 0.211. The lowest BCUT2D eigenvalue weighted by molar-refractivity contribution is 0.0214. The van der Waals surface area contributed by atoms with Gasteiger partial charge in [0, 0.05) is 52.5 Å². The number of ether oxygens (including phenoxy) is 1. The molecule has 1 saturated heterocycles. The highest BCUT2D eigenvalue weighted by Gasteiger charge is 2.27. The number of amides is 1. The van der Waals surface area contributed by atoms with Crippen molar-refractivity contribution in [3.63, 3.8) is 0 Å². The van der Waals surface area contributed by atoms with Gasteiger partial charge in [-0.05, 0) is 65.4 Å². The minimum Gasteiger partial charge on any atom is -0.444 e. The number of nitrogens with one attached hydrogen (secondary N) is 1. The van der Waals surface area contributed by atoms with E-state index in [9.17, 15) is 4.79 Å². The van der Waals surface area contributed by atoms with Crippen LogP contribution in [0.5, 0.6) is 0 Å². The standard InChI is InChI=1S/C22H40N6O2/c1-7-26(21(29)30-22(3,4)5)17-19-9-13-27(14-10-19)20(23-6)24-11-8-12-28-16-18(2)15-25-28/h15-16,19H,7-14,17H2,1-6H3,(H,23,24). The molecule has 1 aromatic heterocycles. The maximum absolute atomic E-state index is 12.4. The van der Waals surface area contributed by atoms with Crippen molar-refractivity contribution >= 4 is 12.1 Å². The van der Waals surface area contributed by atoms with Gasteiger partial charge < -0.3 is 19.9 Å². The molecule has 170 valence electrons. The molecule has 2 heterocycles. The number of likely N-dealkylation sites (tertiary alicyclic amines) is 1. The van der Waals surface area contributed by atoms with Crippen molar-refractivity contribution in [2.24, 2.45) is 10.9 Å². The molecule has 0 unspecified atom stereocenters. The smallest absolute Gasteiger partial charge is 0.410 e. The first-order valence-corrected chi connectivity index (χ1v) is 11.1. The van der Waals surface area contributed by atoms with Gasteiger partial charge in [0.05, 0.1) is 6.20 Å². The van der Waals surface area contributed by atoms with Crippen LogP contribution < -0.4 is 5.32 Å². The molecule has 0 bridgehead atoms. The number of guanidine groups is 1. The Morgan fingerprint density at radius 2 is 2.07 bits per heavy atom. The maximum Gasteiger partial charge on any atom is 0.410 e. The van der Waals surface area contributed by atoms with E-state index in [2.05, 4.69) is 33.4 Å². The summed E-state index contributed by atoms with van der Waals surface area (Å²) in [5.74, 6) is 1.46. The highest BCUT2D eigenvalue weighted by molar-refractivity contribution is 5.79. The highest BCUT2D eigenvalue weighted by Crippen LogP contribution is 2.20. The summed E-state index contributed by atoms with van der Waals surface area (Å²) in [7, 11) is 1.84. The average Bonchev–Trinajstić information content (AvgIpc) is 3.10. The SMILES string of the molecule is CCN(CC1CCN(C(=NC)NCCCn2cc(C)cn2)CC1)C(=O)OC(C)(C)C. The molecule has 30 heavy (non-hydrogen) atoms. The Bertz CT molecular complexity index is 686. The van der Waals surface area contributed by atoms with Gasteiger partial charge >= 0.3 is 6.09 Å². The molecule has 2 rings (SSSR count). The summed E-state index contributed by atoms with van der Waals surface area (Å²) in [6, 6.07) is 0. The lowest BCUT2D eigenvalue weighted by atomic mass is 9.96. The van der Waals surface area contributed by atoms with E-state index in [0.717, 1.165) is 57.9 Å². The molecule has 0 aliphatic carbocycles. The fraction of sp³-hybridized carbons (Fsp3) is 0.773. The lowest BCUT2D eigenvalue weighted by Gasteiger charge is -2.36. The van der Waals surface area contributed by atoms with Crippen LogP contribution in [0.15, 0.2) is 17.4 Å². The Balaban J connectivity index is 1.72. The van der Waals surface area contributed by atoms with Crippen LogP contribution in [-0.2, 0) is 11.3 Å². The summed E-state index contributed by atoms with van der Waals surface area (Å²) < 4.78 is 7.52. The lowest BCUT2D eigenvalue weighted by Crippen LogP contribution is -2.48. The second-order valence-electron chi connectivity index (χ2n) is 9.06. The zero-order valence-electron chi connectivity index (χ0n) is 19.6. The molecule has 1 amide bonds. The van der Waals surface area contributed by atoms with E-state index in [1.807, 2.05) is 50.5 Å². The molecule has 1 fully saturated rings. The summed E-state index contributed by atoms with van der Waals surface area (Å²) in [6.45, 7) is 14.9. The Hall–Kier alpha value is -2.25. The van der Waals surface area contributed by atoms with Gasteiger partial charge in [-0.15, -0.1) is 0 Å². The monoisotopic (exact) mass is 420 g/mol. The molecule has 0 atom stereocenters. The van der Waals surface area contributed by atoms with Crippen LogP contribution in [-0.4, -0.2) is 77.0 Å². The average molecular weight is 421 g/mol. The molecule has 0 radical (unpaired) electrons. The van der Waals surface area contributed by atoms with Crippen LogP contribution >= 0.6 is 0 Å². The van der Waals surface area contributed by atoms with E-state index in [0.29, 0.717) is 12.5 Å². The van der Waals surface area contributed by atoms with Crippen molar-refractivity contribution in [3.05, 3.63) is 18.0 Å². The molecule has 1 aliphatic rings. The fourth-order valence-corrected chi connectivity index (χ4v) is 3.66. The molecule has 0 spiro atoms. The Morgan fingerprint density at radius 3 is 2.60 bits per heavy atom. The van der Waals surface area contributed by atoms with E-state index in [1.54, 1.807) is 0 Å². The molecular formula is C22H40N6O2. The number of aromatic nitrogens is 2. The maximum atomic E-state index is 12.4. The molecule has 8 nitrogen and oxygen atoms in total. The number of aryl methyl sites for hydroxylation is 2. The van der Waals surface area contributed by atoms with Crippen molar-refractivity contribution in [3.8, 4) is 0 Å². The quantitative estimate of drug-likeness (QED) is 0.417. The van der Waals surface area contributed by atoms with Gasteiger partial charge in [-0.1, -0.05) is 0 Å². The third-order valence-corrected chi connectivity index (χ3v) is 5.25. The number of piperidine rings is 1. The zero-order chi connectivity index (χ0) is 22.1. The van der Waals surface area contributed by atoms with Crippen molar-refractivity contribution in [1.82, 2.24) is 24.9 Å². The Kier molecular flexibility index (Phi) is 8.99. The van der Waals surface area contributed by atoms with Gasteiger partial charge in [-0.3, -0.25) is 9.67 Å². The number of rotatable bonds is 7. The van der Waals surface area contributed by atoms with Gasteiger partial charge in [0.15, 0.2) is 5.96 Å². The van der Waals surface area contributed by atoms with Crippen LogP contribution in [0.4, 0.5) is 4.79 Å². The van der Waals surface area contributed by atoms with Crippen LogP contribution in [0.1, 0.15) is 52.5 Å². The summed E-state index contributed by atoms with van der Waals surface area (Å²) in [5, 5.41) is 7.80. The highest BCUT2D eigenvalue weighted by atomic mass is 16.6. The predicted molar refractivity (Wildman–Crippen MR) is 121 cm³/mol. The van der Waals surface area contributed by atoms with E-state index in [1.165, 1.54) is 5.56 Å². The number of carbonyl (C=O) groups is 1. The summed E-state index contributed by atoms with van der Waals surface area (Å²) in [6.07, 6.45) is 6.84. The van der Waals surface area contributed by atoms with Crippen LogP contribution in [0.25, 0.3) is 0 Å². The van der Waals surface area contributed by atoms with E-state index in [-0.39, 0.29) is 6.09 Å². The summed E-state index contributed by atoms with van der Waals surface area (Å²) in [4.78, 5) is 21.0. The van der Waals surface area contributed by atoms with Crippen molar-refractivity contribution in [1.29, 1.82) is 0 Å². The molecule has 8 heteroatoms. The molecule has 1 aliphatic heterocycles. The third kappa shape index (κ3) is 7.88. The van der Waals surface area contributed by atoms with Gasteiger partial charge in [0.2, 0.25) is 0 Å².